The van der Waals surface area contributed by atoms with Crippen LogP contribution < -0.4 is 9.47 Å². The van der Waals surface area contributed by atoms with Gasteiger partial charge in [-0.3, -0.25) is 0 Å². The van der Waals surface area contributed by atoms with E-state index in [9.17, 15) is 9.59 Å². The Kier molecular flexibility index (Phi) is 1.90. The van der Waals surface area contributed by atoms with Gasteiger partial charge < -0.3 is 14.2 Å². The maximum Gasteiger partial charge on any atom is 0.346 e. The summed E-state index contributed by atoms with van der Waals surface area (Å²) in [4.78, 5) is 23.6. The van der Waals surface area contributed by atoms with Gasteiger partial charge in [-0.05, 0) is 12.1 Å². The van der Waals surface area contributed by atoms with Crippen molar-refractivity contribution in [3.63, 3.8) is 0 Å². The van der Waals surface area contributed by atoms with Gasteiger partial charge in [-0.25, -0.2) is 9.59 Å². The van der Waals surface area contributed by atoms with Gasteiger partial charge in [-0.1, -0.05) is 12.1 Å². The summed E-state index contributed by atoms with van der Waals surface area (Å²) in [5.41, 5.74) is 0.721. The van der Waals surface area contributed by atoms with Crippen molar-refractivity contribution in [2.75, 3.05) is 13.2 Å². The first kappa shape index (κ1) is 10.4. The summed E-state index contributed by atoms with van der Waals surface area (Å²) in [6, 6.07) is 6.75. The van der Waals surface area contributed by atoms with E-state index in [1.165, 1.54) is 0 Å². The number of cyclic esters (lactones) is 2. The van der Waals surface area contributed by atoms with Crippen molar-refractivity contribution in [1.29, 1.82) is 0 Å². The molecule has 2 aromatic carbocycles. The van der Waals surface area contributed by atoms with Crippen LogP contribution in [0, 0.1) is 0 Å². The molecule has 19 heavy (non-hydrogen) atoms. The Hall–Kier alpha value is -2.56. The molecule has 0 atom stereocenters. The van der Waals surface area contributed by atoms with Gasteiger partial charge in [0.1, 0.15) is 13.2 Å². The van der Waals surface area contributed by atoms with Gasteiger partial charge in [0, 0.05) is 10.8 Å². The minimum absolute atomic E-state index is 0.342. The molecule has 0 unspecified atom stereocenters. The van der Waals surface area contributed by atoms with Crippen molar-refractivity contribution in [2.45, 2.75) is 0 Å². The molecular formula is C14H8O5. The van der Waals surface area contributed by atoms with E-state index < -0.39 is 11.9 Å². The quantitative estimate of drug-likeness (QED) is 0.532. The van der Waals surface area contributed by atoms with Crippen molar-refractivity contribution in [1.82, 2.24) is 0 Å². The standard InChI is InChI=1S/C14H8O5/c15-13-8-3-1-2-7-11(8)9(14(16)19-13)6-10-12(7)18-5-4-17-10/h1-3,6H,4-5H2. The van der Waals surface area contributed by atoms with Crippen LogP contribution in [0.3, 0.4) is 0 Å². The highest BCUT2D eigenvalue weighted by Gasteiger charge is 2.31. The lowest BCUT2D eigenvalue weighted by Gasteiger charge is -2.23. The fourth-order valence-electron chi connectivity index (χ4n) is 2.51. The third-order valence-corrected chi connectivity index (χ3v) is 3.29. The normalized spacial score (nSPS) is 16.4. The lowest BCUT2D eigenvalue weighted by atomic mass is 9.96. The molecule has 0 fully saturated rings. The molecule has 0 bridgehead atoms. The van der Waals surface area contributed by atoms with Crippen LogP contribution in [0.2, 0.25) is 0 Å². The predicted molar refractivity (Wildman–Crippen MR) is 64.7 cm³/mol. The SMILES string of the molecule is O=C1OC(=O)c2cc3c(c4cccc1c24)OCCO3. The van der Waals surface area contributed by atoms with Gasteiger partial charge in [-0.15, -0.1) is 0 Å². The number of esters is 2. The summed E-state index contributed by atoms with van der Waals surface area (Å²) < 4.78 is 15.8. The van der Waals surface area contributed by atoms with Gasteiger partial charge in [0.25, 0.3) is 0 Å². The van der Waals surface area contributed by atoms with Crippen molar-refractivity contribution in [3.8, 4) is 11.5 Å². The molecule has 5 heteroatoms. The monoisotopic (exact) mass is 256 g/mol. The van der Waals surface area contributed by atoms with E-state index in [1.807, 2.05) is 6.07 Å². The molecule has 2 aromatic rings. The Balaban J connectivity index is 2.19. The molecule has 5 nitrogen and oxygen atoms in total. The molecule has 0 saturated heterocycles. The molecule has 4 rings (SSSR count). The van der Waals surface area contributed by atoms with Crippen molar-refractivity contribution < 1.29 is 23.8 Å². The molecule has 0 saturated carbocycles. The number of rotatable bonds is 0. The number of hydrogen-bond donors (Lipinski definition) is 0. The Morgan fingerprint density at radius 2 is 1.74 bits per heavy atom. The lowest BCUT2D eigenvalue weighted by molar-refractivity contribution is 0.0390. The summed E-state index contributed by atoms with van der Waals surface area (Å²) in [6.07, 6.45) is 0. The van der Waals surface area contributed by atoms with Crippen LogP contribution >= 0.6 is 0 Å². The lowest BCUT2D eigenvalue weighted by Crippen LogP contribution is -2.22. The van der Waals surface area contributed by atoms with Crippen LogP contribution in [-0.2, 0) is 4.74 Å². The van der Waals surface area contributed by atoms with E-state index in [2.05, 4.69) is 0 Å². The highest BCUT2D eigenvalue weighted by Crippen LogP contribution is 2.42. The minimum atomic E-state index is -0.648. The summed E-state index contributed by atoms with van der Waals surface area (Å²) in [6.45, 7) is 0.885. The van der Waals surface area contributed by atoms with Gasteiger partial charge in [-0.2, -0.15) is 0 Å². The van der Waals surface area contributed by atoms with Crippen molar-refractivity contribution in [3.05, 3.63) is 35.4 Å². The third kappa shape index (κ3) is 1.29. The Morgan fingerprint density at radius 3 is 2.63 bits per heavy atom. The van der Waals surface area contributed by atoms with E-state index in [1.54, 1.807) is 18.2 Å². The molecule has 94 valence electrons. The molecule has 0 aliphatic carbocycles. The molecule has 2 aliphatic heterocycles. The number of fused-ring (bicyclic) bond motifs is 2. The average Bonchev–Trinajstić information content (AvgIpc) is 2.44. The highest BCUT2D eigenvalue weighted by atomic mass is 16.6. The largest absolute Gasteiger partial charge is 0.486 e. The molecule has 0 amide bonds. The third-order valence-electron chi connectivity index (χ3n) is 3.29. The number of ether oxygens (including phenoxy) is 3. The number of carbonyl (C=O) groups excluding carboxylic acids is 2. The molecule has 0 N–H and O–H groups in total. The molecular weight excluding hydrogens is 248 g/mol. The maximum atomic E-state index is 11.8. The van der Waals surface area contributed by atoms with E-state index in [4.69, 9.17) is 14.2 Å². The summed E-state index contributed by atoms with van der Waals surface area (Å²) in [5.74, 6) is -0.183. The maximum absolute atomic E-state index is 11.8. The van der Waals surface area contributed by atoms with Crippen LogP contribution in [-0.4, -0.2) is 25.2 Å². The average molecular weight is 256 g/mol. The zero-order valence-corrected chi connectivity index (χ0v) is 9.76. The Labute approximate surface area is 107 Å². The number of carbonyl (C=O) groups is 2. The molecule has 0 aromatic heterocycles. The minimum Gasteiger partial charge on any atom is -0.486 e. The van der Waals surface area contributed by atoms with Gasteiger partial charge in [0.05, 0.1) is 11.1 Å². The summed E-state index contributed by atoms with van der Waals surface area (Å²) in [5, 5.41) is 1.28. The second-order valence-electron chi connectivity index (χ2n) is 4.35. The fourth-order valence-corrected chi connectivity index (χ4v) is 2.51. The Bertz CT molecular complexity index is 747. The van der Waals surface area contributed by atoms with Crippen LogP contribution in [0.4, 0.5) is 0 Å². The molecule has 2 heterocycles. The smallest absolute Gasteiger partial charge is 0.346 e. The van der Waals surface area contributed by atoms with E-state index >= 15 is 0 Å². The van der Waals surface area contributed by atoms with Crippen LogP contribution in [0.5, 0.6) is 11.5 Å². The van der Waals surface area contributed by atoms with E-state index in [-0.39, 0.29) is 0 Å². The highest BCUT2D eigenvalue weighted by molar-refractivity contribution is 6.22. The fraction of sp³-hybridized carbons (Fsp3) is 0.143. The van der Waals surface area contributed by atoms with Crippen LogP contribution in [0.15, 0.2) is 24.3 Å². The first-order valence-corrected chi connectivity index (χ1v) is 5.87. The molecule has 0 radical (unpaired) electrons. The van der Waals surface area contributed by atoms with Gasteiger partial charge in [0.15, 0.2) is 11.5 Å². The van der Waals surface area contributed by atoms with Crippen molar-refractivity contribution >= 4 is 22.7 Å². The zero-order chi connectivity index (χ0) is 13.0. The second kappa shape index (κ2) is 3.47. The summed E-state index contributed by atoms with van der Waals surface area (Å²) >= 11 is 0. The van der Waals surface area contributed by atoms with Crippen LogP contribution in [0.1, 0.15) is 20.7 Å². The predicted octanol–water partition coefficient (Wildman–Crippen LogP) is 1.92. The number of benzene rings is 2. The van der Waals surface area contributed by atoms with E-state index in [0.717, 1.165) is 0 Å². The first-order valence-electron chi connectivity index (χ1n) is 5.87. The topological polar surface area (TPSA) is 61.8 Å². The number of hydrogen-bond acceptors (Lipinski definition) is 5. The first-order chi connectivity index (χ1) is 9.25. The molecule has 2 aliphatic rings. The summed E-state index contributed by atoms with van der Waals surface area (Å²) in [7, 11) is 0. The van der Waals surface area contributed by atoms with E-state index in [0.29, 0.717) is 46.6 Å². The van der Waals surface area contributed by atoms with Gasteiger partial charge in [0.2, 0.25) is 0 Å². The molecule has 0 spiro atoms. The Morgan fingerprint density at radius 1 is 0.947 bits per heavy atom. The van der Waals surface area contributed by atoms with Crippen LogP contribution in [0.25, 0.3) is 10.8 Å². The zero-order valence-electron chi connectivity index (χ0n) is 9.76. The van der Waals surface area contributed by atoms with Crippen molar-refractivity contribution in [2.24, 2.45) is 0 Å². The van der Waals surface area contributed by atoms with Gasteiger partial charge >= 0.3 is 11.9 Å². The second-order valence-corrected chi connectivity index (χ2v) is 4.35.